The molecule has 0 spiro atoms. The van der Waals surface area contributed by atoms with Gasteiger partial charge < -0.3 is 10.2 Å². The van der Waals surface area contributed by atoms with Gasteiger partial charge in [-0.25, -0.2) is 4.68 Å². The van der Waals surface area contributed by atoms with Gasteiger partial charge in [-0.15, -0.1) is 0 Å². The zero-order valence-electron chi connectivity index (χ0n) is 18.9. The number of nitrogens with one attached hydrogen (secondary N) is 1. The molecular weight excluding hydrogens is 398 g/mol. The molecule has 1 amide bonds. The Morgan fingerprint density at radius 1 is 1.00 bits per heavy atom. The number of anilines is 1. The van der Waals surface area contributed by atoms with Crippen molar-refractivity contribution in [1.29, 1.82) is 0 Å². The van der Waals surface area contributed by atoms with E-state index in [2.05, 4.69) is 51.4 Å². The van der Waals surface area contributed by atoms with E-state index >= 15 is 0 Å². The highest BCUT2D eigenvalue weighted by Crippen LogP contribution is 2.17. The molecule has 0 unspecified atom stereocenters. The maximum Gasteiger partial charge on any atom is 0.220 e. The molecule has 2 heterocycles. The van der Waals surface area contributed by atoms with E-state index in [0.29, 0.717) is 12.8 Å². The zero-order chi connectivity index (χ0) is 22.2. The van der Waals surface area contributed by atoms with E-state index in [1.807, 2.05) is 47.4 Å². The molecule has 1 aromatic heterocycles. The fourth-order valence-electron chi connectivity index (χ4n) is 4.14. The van der Waals surface area contributed by atoms with Crippen LogP contribution in [0.1, 0.15) is 24.0 Å². The third kappa shape index (κ3) is 6.20. The normalized spacial score (nSPS) is 14.5. The number of hydrogen-bond donors (Lipinski definition) is 1. The van der Waals surface area contributed by atoms with Crippen LogP contribution in [0.15, 0.2) is 67.0 Å². The summed E-state index contributed by atoms with van der Waals surface area (Å²) < 4.78 is 1.85. The highest BCUT2D eigenvalue weighted by molar-refractivity contribution is 5.76. The average Bonchev–Trinajstić information content (AvgIpc) is 3.31. The summed E-state index contributed by atoms with van der Waals surface area (Å²) in [7, 11) is 0. The molecule has 168 valence electrons. The van der Waals surface area contributed by atoms with E-state index in [0.717, 1.165) is 56.9 Å². The number of amides is 1. The molecule has 6 nitrogen and oxygen atoms in total. The minimum absolute atomic E-state index is 0.113. The average molecular weight is 432 g/mol. The standard InChI is InChI=1S/C26H33N5O/c1-22-7-5-10-25(19-22)30-17-15-29(16-18-30)14-6-13-27-26(32)12-11-23-20-28-31(21-23)24-8-3-2-4-9-24/h2-5,7-10,19-21H,6,11-18H2,1H3,(H,27,32). The molecule has 4 rings (SSSR count). The minimum atomic E-state index is 0.113. The zero-order valence-corrected chi connectivity index (χ0v) is 18.9. The van der Waals surface area contributed by atoms with Gasteiger partial charge in [0.05, 0.1) is 11.9 Å². The highest BCUT2D eigenvalue weighted by Gasteiger charge is 2.16. The van der Waals surface area contributed by atoms with E-state index in [1.54, 1.807) is 0 Å². The van der Waals surface area contributed by atoms with Gasteiger partial charge in [0, 0.05) is 51.0 Å². The Morgan fingerprint density at radius 3 is 2.56 bits per heavy atom. The van der Waals surface area contributed by atoms with Crippen LogP contribution < -0.4 is 10.2 Å². The molecule has 1 aliphatic heterocycles. The molecule has 2 aromatic carbocycles. The Bertz CT molecular complexity index is 992. The Hall–Kier alpha value is -3.12. The van der Waals surface area contributed by atoms with Crippen molar-refractivity contribution < 1.29 is 4.79 Å². The number of carbonyl (C=O) groups is 1. The van der Waals surface area contributed by atoms with Crippen LogP contribution in [0.3, 0.4) is 0 Å². The lowest BCUT2D eigenvalue weighted by Gasteiger charge is -2.36. The van der Waals surface area contributed by atoms with Crippen molar-refractivity contribution in [1.82, 2.24) is 20.0 Å². The molecule has 0 aliphatic carbocycles. The van der Waals surface area contributed by atoms with Crippen LogP contribution in [0, 0.1) is 6.92 Å². The van der Waals surface area contributed by atoms with Gasteiger partial charge in [0.2, 0.25) is 5.91 Å². The molecule has 1 fully saturated rings. The quantitative estimate of drug-likeness (QED) is 0.528. The molecule has 1 N–H and O–H groups in total. The summed E-state index contributed by atoms with van der Waals surface area (Å²) >= 11 is 0. The minimum Gasteiger partial charge on any atom is -0.369 e. The van der Waals surface area contributed by atoms with Crippen molar-refractivity contribution in [2.75, 3.05) is 44.2 Å². The Morgan fingerprint density at radius 2 is 1.78 bits per heavy atom. The molecule has 1 saturated heterocycles. The lowest BCUT2D eigenvalue weighted by atomic mass is 10.2. The van der Waals surface area contributed by atoms with Crippen LogP contribution >= 0.6 is 0 Å². The maximum atomic E-state index is 12.2. The summed E-state index contributed by atoms with van der Waals surface area (Å²) in [5.41, 5.74) is 4.75. The highest BCUT2D eigenvalue weighted by atomic mass is 16.1. The molecule has 6 heteroatoms. The molecule has 32 heavy (non-hydrogen) atoms. The van der Waals surface area contributed by atoms with Crippen molar-refractivity contribution in [2.45, 2.75) is 26.2 Å². The number of aryl methyl sites for hydroxylation is 2. The van der Waals surface area contributed by atoms with Crippen molar-refractivity contribution in [2.24, 2.45) is 0 Å². The number of para-hydroxylation sites is 1. The fourth-order valence-corrected chi connectivity index (χ4v) is 4.14. The van der Waals surface area contributed by atoms with E-state index in [-0.39, 0.29) is 5.91 Å². The number of rotatable bonds is 9. The number of hydrogen-bond acceptors (Lipinski definition) is 4. The molecule has 0 bridgehead atoms. The number of benzene rings is 2. The Balaban J connectivity index is 1.10. The second-order valence-electron chi connectivity index (χ2n) is 8.50. The van der Waals surface area contributed by atoms with Gasteiger partial charge in [0.1, 0.15) is 0 Å². The molecule has 0 radical (unpaired) electrons. The Labute approximate surface area is 190 Å². The fraction of sp³-hybridized carbons (Fsp3) is 0.385. The van der Waals surface area contributed by atoms with E-state index in [1.165, 1.54) is 11.3 Å². The smallest absolute Gasteiger partial charge is 0.220 e. The van der Waals surface area contributed by atoms with Crippen LogP contribution in [0.5, 0.6) is 0 Å². The largest absolute Gasteiger partial charge is 0.369 e. The summed E-state index contributed by atoms with van der Waals surface area (Å²) in [6, 6.07) is 18.8. The van der Waals surface area contributed by atoms with Gasteiger partial charge in [-0.1, -0.05) is 30.3 Å². The summed E-state index contributed by atoms with van der Waals surface area (Å²) in [6.45, 7) is 8.19. The number of carbonyl (C=O) groups excluding carboxylic acids is 1. The van der Waals surface area contributed by atoms with Crippen molar-refractivity contribution >= 4 is 11.6 Å². The molecule has 3 aromatic rings. The summed E-state index contributed by atoms with van der Waals surface area (Å²) in [6.07, 6.45) is 6.03. The van der Waals surface area contributed by atoms with Gasteiger partial charge in [-0.05, 0) is 61.7 Å². The van der Waals surface area contributed by atoms with Crippen LogP contribution in [-0.2, 0) is 11.2 Å². The van der Waals surface area contributed by atoms with Crippen LogP contribution in [0.4, 0.5) is 5.69 Å². The van der Waals surface area contributed by atoms with Crippen molar-refractivity contribution in [3.8, 4) is 5.69 Å². The van der Waals surface area contributed by atoms with Gasteiger partial charge in [0.15, 0.2) is 0 Å². The van der Waals surface area contributed by atoms with Gasteiger partial charge >= 0.3 is 0 Å². The first-order chi connectivity index (χ1) is 15.7. The second kappa shape index (κ2) is 11.0. The van der Waals surface area contributed by atoms with Crippen LogP contribution in [-0.4, -0.2) is 59.9 Å². The Kier molecular flexibility index (Phi) is 7.56. The first kappa shape index (κ1) is 22.1. The van der Waals surface area contributed by atoms with E-state index in [9.17, 15) is 4.79 Å². The third-order valence-electron chi connectivity index (χ3n) is 6.01. The molecular formula is C26H33N5O. The molecule has 0 atom stereocenters. The van der Waals surface area contributed by atoms with Gasteiger partial charge in [0.25, 0.3) is 0 Å². The summed E-state index contributed by atoms with van der Waals surface area (Å²) in [5, 5.41) is 7.47. The lowest BCUT2D eigenvalue weighted by molar-refractivity contribution is -0.121. The van der Waals surface area contributed by atoms with Crippen molar-refractivity contribution in [3.05, 3.63) is 78.1 Å². The van der Waals surface area contributed by atoms with E-state index < -0.39 is 0 Å². The predicted octanol–water partition coefficient (Wildman–Crippen LogP) is 3.44. The third-order valence-corrected chi connectivity index (χ3v) is 6.01. The first-order valence-corrected chi connectivity index (χ1v) is 11.6. The topological polar surface area (TPSA) is 53.4 Å². The number of piperazine rings is 1. The van der Waals surface area contributed by atoms with Crippen LogP contribution in [0.25, 0.3) is 5.69 Å². The number of aromatic nitrogens is 2. The summed E-state index contributed by atoms with van der Waals surface area (Å²) in [4.78, 5) is 17.2. The molecule has 1 aliphatic rings. The number of nitrogens with zero attached hydrogens (tertiary/aromatic N) is 4. The second-order valence-corrected chi connectivity index (χ2v) is 8.50. The first-order valence-electron chi connectivity index (χ1n) is 11.6. The predicted molar refractivity (Wildman–Crippen MR) is 129 cm³/mol. The maximum absolute atomic E-state index is 12.2. The van der Waals surface area contributed by atoms with E-state index in [4.69, 9.17) is 0 Å². The molecule has 0 saturated carbocycles. The summed E-state index contributed by atoms with van der Waals surface area (Å²) in [5.74, 6) is 0.113. The monoisotopic (exact) mass is 431 g/mol. The van der Waals surface area contributed by atoms with Crippen molar-refractivity contribution in [3.63, 3.8) is 0 Å². The van der Waals surface area contributed by atoms with Gasteiger partial charge in [-0.3, -0.25) is 9.69 Å². The SMILES string of the molecule is Cc1cccc(N2CCN(CCCNC(=O)CCc3cnn(-c4ccccc4)c3)CC2)c1. The van der Waals surface area contributed by atoms with Gasteiger partial charge in [-0.2, -0.15) is 5.10 Å². The lowest BCUT2D eigenvalue weighted by Crippen LogP contribution is -2.47. The van der Waals surface area contributed by atoms with Crippen LogP contribution in [0.2, 0.25) is 0 Å².